The quantitative estimate of drug-likeness (QED) is 0.835. The first-order valence-electron chi connectivity index (χ1n) is 4.69. The lowest BCUT2D eigenvalue weighted by Crippen LogP contribution is -2.37. The van der Waals surface area contributed by atoms with Crippen molar-refractivity contribution in [1.82, 2.24) is 4.72 Å². The van der Waals surface area contributed by atoms with E-state index >= 15 is 0 Å². The minimum atomic E-state index is -1.37. The average Bonchev–Trinajstić information content (AvgIpc) is 2.17. The number of benzene rings is 1. The minimum absolute atomic E-state index is 0.302. The van der Waals surface area contributed by atoms with E-state index in [1.165, 1.54) is 0 Å². The van der Waals surface area contributed by atoms with Crippen LogP contribution in [-0.4, -0.2) is 14.9 Å². The Morgan fingerprint density at radius 2 is 1.73 bits per heavy atom. The van der Waals surface area contributed by atoms with Gasteiger partial charge in [0.25, 0.3) is 5.91 Å². The van der Waals surface area contributed by atoms with Gasteiger partial charge >= 0.3 is 0 Å². The molecule has 1 aromatic carbocycles. The molecular weight excluding hydrogens is 210 g/mol. The summed E-state index contributed by atoms with van der Waals surface area (Å²) in [6, 6.07) is 8.76. The summed E-state index contributed by atoms with van der Waals surface area (Å²) in [5.74, 6) is -0.302. The first kappa shape index (κ1) is 11.9. The summed E-state index contributed by atoms with van der Waals surface area (Å²) >= 11 is 0. The van der Waals surface area contributed by atoms with E-state index in [2.05, 4.69) is 4.72 Å². The molecule has 0 saturated carbocycles. The molecule has 0 bridgehead atoms. The lowest BCUT2D eigenvalue weighted by Gasteiger charge is -2.17. The minimum Gasteiger partial charge on any atom is -0.271 e. The predicted molar refractivity (Wildman–Crippen MR) is 61.8 cm³/mol. The van der Waals surface area contributed by atoms with Gasteiger partial charge in [0.1, 0.15) is 11.0 Å². The van der Waals surface area contributed by atoms with Crippen LogP contribution in [0, 0.1) is 0 Å². The van der Waals surface area contributed by atoms with Gasteiger partial charge in [-0.2, -0.15) is 0 Å². The standard InChI is InChI=1S/C11H15NO2S/c1-11(2,3)15(14)12-10(13)9-7-5-4-6-8-9/h4-8H,1-3H3,(H,12,13). The summed E-state index contributed by atoms with van der Waals surface area (Å²) in [7, 11) is -1.37. The molecular formula is C11H15NO2S. The number of carbonyl (C=O) groups is 1. The fraction of sp³-hybridized carbons (Fsp3) is 0.364. The highest BCUT2D eigenvalue weighted by molar-refractivity contribution is 7.85. The molecule has 0 saturated heterocycles. The lowest BCUT2D eigenvalue weighted by molar-refractivity contribution is 0.0982. The normalized spacial score (nSPS) is 13.3. The number of carbonyl (C=O) groups excluding carboxylic acids is 1. The van der Waals surface area contributed by atoms with Crippen LogP contribution in [-0.2, 0) is 11.0 Å². The van der Waals surface area contributed by atoms with E-state index in [4.69, 9.17) is 0 Å². The number of rotatable bonds is 2. The summed E-state index contributed by atoms with van der Waals surface area (Å²) in [4.78, 5) is 11.6. The largest absolute Gasteiger partial charge is 0.271 e. The smallest absolute Gasteiger partial charge is 0.262 e. The maximum absolute atomic E-state index is 11.6. The fourth-order valence-corrected chi connectivity index (χ4v) is 1.48. The van der Waals surface area contributed by atoms with Crippen LogP contribution in [0.4, 0.5) is 0 Å². The number of amides is 1. The highest BCUT2D eigenvalue weighted by Crippen LogP contribution is 2.09. The molecule has 1 amide bonds. The molecule has 0 heterocycles. The molecule has 0 aliphatic heterocycles. The number of hydrogen-bond donors (Lipinski definition) is 1. The highest BCUT2D eigenvalue weighted by atomic mass is 32.2. The van der Waals surface area contributed by atoms with Crippen LogP contribution in [0.15, 0.2) is 30.3 Å². The van der Waals surface area contributed by atoms with Gasteiger partial charge in [0, 0.05) is 5.56 Å². The van der Waals surface area contributed by atoms with Gasteiger partial charge in [0.15, 0.2) is 0 Å². The van der Waals surface area contributed by atoms with Crippen molar-refractivity contribution in [3.05, 3.63) is 35.9 Å². The molecule has 0 radical (unpaired) electrons. The Bertz CT molecular complexity index is 368. The molecule has 0 aromatic heterocycles. The molecule has 1 aromatic rings. The van der Waals surface area contributed by atoms with E-state index in [-0.39, 0.29) is 5.91 Å². The molecule has 0 aliphatic rings. The van der Waals surface area contributed by atoms with Crippen LogP contribution in [0.25, 0.3) is 0 Å². The maximum Gasteiger partial charge on any atom is 0.262 e. The van der Waals surface area contributed by atoms with Gasteiger partial charge in [-0.15, -0.1) is 0 Å². The van der Waals surface area contributed by atoms with Crippen molar-refractivity contribution in [3.8, 4) is 0 Å². The van der Waals surface area contributed by atoms with Crippen molar-refractivity contribution >= 4 is 16.9 Å². The molecule has 0 aliphatic carbocycles. The zero-order chi connectivity index (χ0) is 11.5. The van der Waals surface area contributed by atoms with E-state index in [0.29, 0.717) is 5.56 Å². The predicted octanol–water partition coefficient (Wildman–Crippen LogP) is 1.88. The zero-order valence-electron chi connectivity index (χ0n) is 9.11. The third-order valence-corrected chi connectivity index (χ3v) is 3.26. The van der Waals surface area contributed by atoms with Gasteiger partial charge in [0.2, 0.25) is 0 Å². The van der Waals surface area contributed by atoms with Gasteiger partial charge < -0.3 is 0 Å². The van der Waals surface area contributed by atoms with E-state index in [1.807, 2.05) is 26.8 Å². The molecule has 4 heteroatoms. The fourth-order valence-electron chi connectivity index (χ4n) is 0.886. The second kappa shape index (κ2) is 4.57. The van der Waals surface area contributed by atoms with Crippen molar-refractivity contribution in [2.24, 2.45) is 0 Å². The summed E-state index contributed by atoms with van der Waals surface area (Å²) in [5, 5.41) is 0. The van der Waals surface area contributed by atoms with E-state index in [9.17, 15) is 9.00 Å². The first-order valence-corrected chi connectivity index (χ1v) is 5.84. The van der Waals surface area contributed by atoms with E-state index in [1.54, 1.807) is 24.3 Å². The van der Waals surface area contributed by atoms with Gasteiger partial charge in [-0.05, 0) is 32.9 Å². The zero-order valence-corrected chi connectivity index (χ0v) is 9.93. The summed E-state index contributed by atoms with van der Waals surface area (Å²) in [5.41, 5.74) is 0.523. The molecule has 1 atom stereocenters. The van der Waals surface area contributed by atoms with Crippen LogP contribution in [0.5, 0.6) is 0 Å². The molecule has 0 fully saturated rings. The van der Waals surface area contributed by atoms with Crippen molar-refractivity contribution in [1.29, 1.82) is 0 Å². The van der Waals surface area contributed by atoms with E-state index in [0.717, 1.165) is 0 Å². The van der Waals surface area contributed by atoms with Crippen LogP contribution < -0.4 is 4.72 Å². The highest BCUT2D eigenvalue weighted by Gasteiger charge is 2.21. The second-order valence-electron chi connectivity index (χ2n) is 4.18. The first-order chi connectivity index (χ1) is 6.91. The monoisotopic (exact) mass is 225 g/mol. The Kier molecular flexibility index (Phi) is 3.63. The van der Waals surface area contributed by atoms with Crippen LogP contribution in [0.3, 0.4) is 0 Å². The third kappa shape index (κ3) is 3.47. The second-order valence-corrected chi connectivity index (χ2v) is 6.14. The maximum atomic E-state index is 11.6. The Hall–Kier alpha value is -1.16. The van der Waals surface area contributed by atoms with Crippen LogP contribution in [0.1, 0.15) is 31.1 Å². The molecule has 1 N–H and O–H groups in total. The Labute approximate surface area is 92.5 Å². The molecule has 1 rings (SSSR count). The van der Waals surface area contributed by atoms with Crippen molar-refractivity contribution in [3.63, 3.8) is 0 Å². The number of hydrogen-bond acceptors (Lipinski definition) is 2. The Morgan fingerprint density at radius 1 is 1.20 bits per heavy atom. The lowest BCUT2D eigenvalue weighted by atomic mass is 10.2. The summed E-state index contributed by atoms with van der Waals surface area (Å²) in [6.07, 6.45) is 0. The number of nitrogens with one attached hydrogen (secondary N) is 1. The third-order valence-electron chi connectivity index (χ3n) is 1.78. The molecule has 15 heavy (non-hydrogen) atoms. The Balaban J connectivity index is 2.70. The molecule has 1 unspecified atom stereocenters. The van der Waals surface area contributed by atoms with Crippen molar-refractivity contribution < 1.29 is 9.00 Å². The van der Waals surface area contributed by atoms with Gasteiger partial charge in [-0.3, -0.25) is 9.52 Å². The molecule has 3 nitrogen and oxygen atoms in total. The van der Waals surface area contributed by atoms with Crippen LogP contribution in [0.2, 0.25) is 0 Å². The van der Waals surface area contributed by atoms with Crippen molar-refractivity contribution in [2.45, 2.75) is 25.5 Å². The topological polar surface area (TPSA) is 46.2 Å². The molecule has 82 valence electrons. The van der Waals surface area contributed by atoms with Crippen LogP contribution >= 0.6 is 0 Å². The molecule has 0 spiro atoms. The van der Waals surface area contributed by atoms with Gasteiger partial charge in [-0.25, -0.2) is 4.21 Å². The van der Waals surface area contributed by atoms with Crippen molar-refractivity contribution in [2.75, 3.05) is 0 Å². The van der Waals surface area contributed by atoms with E-state index < -0.39 is 15.7 Å². The Morgan fingerprint density at radius 3 is 2.20 bits per heavy atom. The van der Waals surface area contributed by atoms with Gasteiger partial charge in [0.05, 0.1) is 4.75 Å². The SMILES string of the molecule is CC(C)(C)S(=O)NC(=O)c1ccccc1. The summed E-state index contributed by atoms with van der Waals surface area (Å²) in [6.45, 7) is 5.44. The summed E-state index contributed by atoms with van der Waals surface area (Å²) < 4.78 is 13.7. The average molecular weight is 225 g/mol. The van der Waals surface area contributed by atoms with Gasteiger partial charge in [-0.1, -0.05) is 18.2 Å².